The zero-order chi connectivity index (χ0) is 23.2. The zero-order valence-electron chi connectivity index (χ0n) is 19.0. The second kappa shape index (κ2) is 10.1. The molecule has 0 bridgehead atoms. The number of hydrogen-bond acceptors (Lipinski definition) is 6. The fourth-order valence-corrected chi connectivity index (χ4v) is 3.59. The lowest BCUT2D eigenvalue weighted by Crippen LogP contribution is -2.31. The number of benzene rings is 2. The Labute approximate surface area is 192 Å². The number of methoxy groups -OCH3 is 1. The zero-order valence-corrected chi connectivity index (χ0v) is 19.0. The Morgan fingerprint density at radius 1 is 1.21 bits per heavy atom. The Morgan fingerprint density at radius 3 is 2.73 bits per heavy atom. The van der Waals surface area contributed by atoms with Gasteiger partial charge in [-0.15, -0.1) is 0 Å². The van der Waals surface area contributed by atoms with Gasteiger partial charge in [0.25, 0.3) is 0 Å². The van der Waals surface area contributed by atoms with Crippen LogP contribution in [0.15, 0.2) is 65.4 Å². The van der Waals surface area contributed by atoms with Crippen LogP contribution in [-0.4, -0.2) is 32.7 Å². The molecule has 1 atom stereocenters. The van der Waals surface area contributed by atoms with Crippen LogP contribution in [0.5, 0.6) is 5.75 Å². The van der Waals surface area contributed by atoms with Crippen molar-refractivity contribution in [2.24, 2.45) is 7.05 Å². The average Bonchev–Trinajstić information content (AvgIpc) is 3.50. The van der Waals surface area contributed by atoms with Crippen LogP contribution in [0.2, 0.25) is 0 Å². The molecular formula is C25H27N5O3. The predicted molar refractivity (Wildman–Crippen MR) is 124 cm³/mol. The molecule has 4 rings (SSSR count). The van der Waals surface area contributed by atoms with E-state index in [-0.39, 0.29) is 12.3 Å². The average molecular weight is 446 g/mol. The molecule has 1 N–H and O–H groups in total. The highest BCUT2D eigenvalue weighted by Crippen LogP contribution is 2.24. The molecular weight excluding hydrogens is 418 g/mol. The van der Waals surface area contributed by atoms with Gasteiger partial charge in [-0.3, -0.25) is 4.79 Å². The van der Waals surface area contributed by atoms with E-state index in [9.17, 15) is 4.79 Å². The van der Waals surface area contributed by atoms with Crippen LogP contribution in [0, 0.1) is 0 Å². The fourth-order valence-electron chi connectivity index (χ4n) is 3.59. The molecule has 0 aliphatic heterocycles. The molecule has 33 heavy (non-hydrogen) atoms. The standard InChI is InChI=1S/C25H27N5O3/c1-4-17-8-10-18(11-9-17)24-28-22(33-29-24)13-12-21(31)27-23(25-26-14-15-30(25)2)19-6-5-7-20(16-19)32-3/h5-11,14-16,23H,4,12-13H2,1-3H3,(H,27,31)/t23-/m1/s1. The number of ether oxygens (including phenoxy) is 1. The third-order valence-electron chi connectivity index (χ3n) is 5.50. The van der Waals surface area contributed by atoms with E-state index in [1.54, 1.807) is 13.3 Å². The van der Waals surface area contributed by atoms with Crippen LogP contribution >= 0.6 is 0 Å². The minimum atomic E-state index is -0.414. The summed E-state index contributed by atoms with van der Waals surface area (Å²) in [6.07, 6.45) is 5.09. The molecule has 0 saturated heterocycles. The van der Waals surface area contributed by atoms with E-state index in [0.717, 1.165) is 23.4 Å². The fraction of sp³-hybridized carbons (Fsp3) is 0.280. The molecule has 2 heterocycles. The Balaban J connectivity index is 1.44. The SMILES string of the molecule is CCc1ccc(-c2noc(CCC(=O)N[C@H](c3cccc(OC)c3)c3nccn3C)n2)cc1. The number of carbonyl (C=O) groups is 1. The van der Waals surface area contributed by atoms with Gasteiger partial charge in [0.2, 0.25) is 17.6 Å². The lowest BCUT2D eigenvalue weighted by molar-refractivity contribution is -0.121. The molecule has 2 aromatic carbocycles. The summed E-state index contributed by atoms with van der Waals surface area (Å²) >= 11 is 0. The second-order valence-electron chi connectivity index (χ2n) is 7.74. The van der Waals surface area contributed by atoms with Crippen LogP contribution in [0.4, 0.5) is 0 Å². The quantitative estimate of drug-likeness (QED) is 0.420. The predicted octanol–water partition coefficient (Wildman–Crippen LogP) is 3.88. The van der Waals surface area contributed by atoms with Crippen molar-refractivity contribution >= 4 is 5.91 Å². The van der Waals surface area contributed by atoms with Gasteiger partial charge in [0.05, 0.1) is 7.11 Å². The first kappa shape index (κ1) is 22.3. The van der Waals surface area contributed by atoms with E-state index in [1.807, 2.05) is 54.2 Å². The van der Waals surface area contributed by atoms with Gasteiger partial charge >= 0.3 is 0 Å². The molecule has 8 nitrogen and oxygen atoms in total. The monoisotopic (exact) mass is 445 g/mol. The van der Waals surface area contributed by atoms with Gasteiger partial charge in [-0.2, -0.15) is 4.98 Å². The normalized spacial score (nSPS) is 11.8. The summed E-state index contributed by atoms with van der Waals surface area (Å²) in [7, 11) is 3.51. The number of nitrogens with one attached hydrogen (secondary N) is 1. The summed E-state index contributed by atoms with van der Waals surface area (Å²) < 4.78 is 12.6. The van der Waals surface area contributed by atoms with Crippen LogP contribution in [0.25, 0.3) is 11.4 Å². The van der Waals surface area contributed by atoms with Gasteiger partial charge in [-0.25, -0.2) is 4.98 Å². The molecule has 0 radical (unpaired) electrons. The highest BCUT2D eigenvalue weighted by atomic mass is 16.5. The van der Waals surface area contributed by atoms with E-state index in [1.165, 1.54) is 5.56 Å². The maximum atomic E-state index is 12.8. The molecule has 0 fully saturated rings. The Bertz CT molecular complexity index is 1210. The Morgan fingerprint density at radius 2 is 2.03 bits per heavy atom. The van der Waals surface area contributed by atoms with Crippen LogP contribution in [0.1, 0.15) is 42.2 Å². The van der Waals surface area contributed by atoms with E-state index in [4.69, 9.17) is 9.26 Å². The number of imidazole rings is 1. The number of carbonyl (C=O) groups excluding carboxylic acids is 1. The van der Waals surface area contributed by atoms with Crippen molar-refractivity contribution in [3.8, 4) is 17.1 Å². The molecule has 8 heteroatoms. The molecule has 0 saturated carbocycles. The van der Waals surface area contributed by atoms with Crippen LogP contribution in [-0.2, 0) is 24.7 Å². The van der Waals surface area contributed by atoms with E-state index in [0.29, 0.717) is 23.9 Å². The van der Waals surface area contributed by atoms with Gasteiger partial charge in [-0.05, 0) is 29.7 Å². The molecule has 0 aliphatic rings. The molecule has 1 amide bonds. The van der Waals surface area contributed by atoms with Crippen LogP contribution < -0.4 is 10.1 Å². The molecule has 0 spiro atoms. The summed E-state index contributed by atoms with van der Waals surface area (Å²) in [5.74, 6) is 2.25. The van der Waals surface area contributed by atoms with Crippen molar-refractivity contribution < 1.29 is 14.1 Å². The lowest BCUT2D eigenvalue weighted by atomic mass is 10.1. The highest BCUT2D eigenvalue weighted by Gasteiger charge is 2.22. The largest absolute Gasteiger partial charge is 0.497 e. The van der Waals surface area contributed by atoms with Crippen molar-refractivity contribution in [1.29, 1.82) is 0 Å². The van der Waals surface area contributed by atoms with Gasteiger partial charge in [0, 0.05) is 37.8 Å². The summed E-state index contributed by atoms with van der Waals surface area (Å²) in [6.45, 7) is 2.11. The highest BCUT2D eigenvalue weighted by molar-refractivity contribution is 5.77. The number of nitrogens with zero attached hydrogens (tertiary/aromatic N) is 4. The van der Waals surface area contributed by atoms with Gasteiger partial charge in [0.15, 0.2) is 0 Å². The Hall–Kier alpha value is -3.94. The third-order valence-corrected chi connectivity index (χ3v) is 5.50. The minimum Gasteiger partial charge on any atom is -0.497 e. The maximum absolute atomic E-state index is 12.8. The number of amides is 1. The second-order valence-corrected chi connectivity index (χ2v) is 7.74. The van der Waals surface area contributed by atoms with Crippen molar-refractivity contribution in [1.82, 2.24) is 25.0 Å². The first-order chi connectivity index (χ1) is 16.1. The number of aryl methyl sites for hydroxylation is 3. The van der Waals surface area contributed by atoms with Crippen LogP contribution in [0.3, 0.4) is 0 Å². The van der Waals surface area contributed by atoms with Crippen molar-refractivity contribution in [3.63, 3.8) is 0 Å². The van der Waals surface area contributed by atoms with Crippen molar-refractivity contribution in [3.05, 3.63) is 83.8 Å². The van der Waals surface area contributed by atoms with Crippen molar-refractivity contribution in [2.45, 2.75) is 32.2 Å². The molecule has 0 unspecified atom stereocenters. The summed E-state index contributed by atoms with van der Waals surface area (Å²) in [5.41, 5.74) is 3.02. The topological polar surface area (TPSA) is 95.1 Å². The summed E-state index contributed by atoms with van der Waals surface area (Å²) in [5, 5.41) is 7.14. The van der Waals surface area contributed by atoms with E-state index >= 15 is 0 Å². The first-order valence-corrected chi connectivity index (χ1v) is 10.9. The molecule has 170 valence electrons. The van der Waals surface area contributed by atoms with E-state index < -0.39 is 6.04 Å². The van der Waals surface area contributed by atoms with Gasteiger partial charge in [-0.1, -0.05) is 48.5 Å². The number of hydrogen-bond donors (Lipinski definition) is 1. The summed E-state index contributed by atoms with van der Waals surface area (Å²) in [6, 6.07) is 15.2. The molecule has 2 aromatic heterocycles. The van der Waals surface area contributed by atoms with Gasteiger partial charge in [0.1, 0.15) is 17.6 Å². The first-order valence-electron chi connectivity index (χ1n) is 10.9. The van der Waals surface area contributed by atoms with E-state index in [2.05, 4.69) is 39.5 Å². The van der Waals surface area contributed by atoms with Gasteiger partial charge < -0.3 is 19.1 Å². The molecule has 4 aromatic rings. The third kappa shape index (κ3) is 5.28. The van der Waals surface area contributed by atoms with Crippen molar-refractivity contribution in [2.75, 3.05) is 7.11 Å². The lowest BCUT2D eigenvalue weighted by Gasteiger charge is -2.19. The maximum Gasteiger partial charge on any atom is 0.227 e. The number of rotatable bonds is 9. The Kier molecular flexibility index (Phi) is 6.83. The number of aromatic nitrogens is 4. The summed E-state index contributed by atoms with van der Waals surface area (Å²) in [4.78, 5) is 21.7. The molecule has 0 aliphatic carbocycles. The minimum absolute atomic E-state index is 0.141. The smallest absolute Gasteiger partial charge is 0.227 e.